The predicted octanol–water partition coefficient (Wildman–Crippen LogP) is 2.68. The van der Waals surface area contributed by atoms with Crippen molar-refractivity contribution < 1.29 is 23.5 Å². The molecule has 2 aliphatic rings. The zero-order valence-electron chi connectivity index (χ0n) is 17.0. The number of esters is 1. The summed E-state index contributed by atoms with van der Waals surface area (Å²) in [7, 11) is -3.35. The van der Waals surface area contributed by atoms with Crippen LogP contribution in [0.2, 0.25) is 0 Å². The van der Waals surface area contributed by atoms with Crippen LogP contribution in [-0.4, -0.2) is 15.5 Å². The number of benzene rings is 1. The highest BCUT2D eigenvalue weighted by atomic mass is 31.1. The second-order valence-corrected chi connectivity index (χ2v) is 8.30. The first kappa shape index (κ1) is 20.0. The first-order valence-electron chi connectivity index (χ1n) is 10.1. The highest BCUT2D eigenvalue weighted by molar-refractivity contribution is 7.30. The van der Waals surface area contributed by atoms with Crippen molar-refractivity contribution in [2.45, 2.75) is 45.4 Å². The zero-order valence-corrected chi connectivity index (χ0v) is 17.9. The number of aromatic nitrogens is 2. The van der Waals surface area contributed by atoms with Crippen LogP contribution >= 0.6 is 8.25 Å². The molecule has 0 spiro atoms. The molecule has 1 aromatic carbocycles. The third-order valence-corrected chi connectivity index (χ3v) is 6.73. The number of carbonyl (C=O) groups is 1. The molecule has 4 heterocycles. The summed E-state index contributed by atoms with van der Waals surface area (Å²) in [4.78, 5) is 42.3. The van der Waals surface area contributed by atoms with Crippen molar-refractivity contribution in [2.24, 2.45) is 0 Å². The van der Waals surface area contributed by atoms with E-state index in [1.165, 1.54) is 0 Å². The summed E-state index contributed by atoms with van der Waals surface area (Å²) in [6.45, 7) is 3.82. The predicted molar refractivity (Wildman–Crippen MR) is 110 cm³/mol. The number of hydrogen-bond acceptors (Lipinski definition) is 7. The molecule has 3 aromatic rings. The summed E-state index contributed by atoms with van der Waals surface area (Å²) in [6, 6.07) is 9.49. The Hall–Kier alpha value is -2.93. The number of ether oxygens (including phenoxy) is 1. The Labute approximate surface area is 178 Å². The van der Waals surface area contributed by atoms with Gasteiger partial charge in [0.05, 0.1) is 29.0 Å². The minimum absolute atomic E-state index is 0.00323. The van der Waals surface area contributed by atoms with Gasteiger partial charge in [-0.2, -0.15) is 0 Å². The van der Waals surface area contributed by atoms with Gasteiger partial charge in [0.25, 0.3) is 5.56 Å². The number of nitrogens with zero attached hydrogens (tertiary/aromatic N) is 2. The fourth-order valence-electron chi connectivity index (χ4n) is 4.78. The molecule has 0 radical (unpaired) electrons. The van der Waals surface area contributed by atoms with Crippen LogP contribution in [-0.2, 0) is 43.8 Å². The van der Waals surface area contributed by atoms with Gasteiger partial charge in [-0.15, -0.1) is 4.52 Å². The van der Waals surface area contributed by atoms with Gasteiger partial charge in [0.15, 0.2) is 0 Å². The van der Waals surface area contributed by atoms with E-state index in [9.17, 15) is 19.0 Å². The van der Waals surface area contributed by atoms with Crippen LogP contribution in [0.4, 0.5) is 0 Å². The van der Waals surface area contributed by atoms with Gasteiger partial charge >= 0.3 is 14.2 Å². The molecule has 0 bridgehead atoms. The Morgan fingerprint density at radius 2 is 2.03 bits per heavy atom. The second kappa shape index (κ2) is 7.05. The van der Waals surface area contributed by atoms with Crippen molar-refractivity contribution in [1.29, 1.82) is 0 Å². The summed E-state index contributed by atoms with van der Waals surface area (Å²) in [6.07, 6.45) is 0.775. The molecule has 1 unspecified atom stereocenters. The first-order chi connectivity index (χ1) is 14.9. The lowest BCUT2D eigenvalue weighted by molar-refractivity contribution is -0.207. The van der Waals surface area contributed by atoms with Crippen molar-refractivity contribution in [2.75, 3.05) is 0 Å². The van der Waals surface area contributed by atoms with Gasteiger partial charge in [0, 0.05) is 16.5 Å². The van der Waals surface area contributed by atoms with Gasteiger partial charge in [-0.3, -0.25) is 4.79 Å². The monoisotopic (exact) mass is 438 g/mol. The third kappa shape index (κ3) is 2.72. The average Bonchev–Trinajstić information content (AvgIpc) is 3.12. The minimum atomic E-state index is -3.35. The lowest BCUT2D eigenvalue weighted by Crippen LogP contribution is -2.45. The van der Waals surface area contributed by atoms with E-state index >= 15 is 0 Å². The van der Waals surface area contributed by atoms with Crippen molar-refractivity contribution in [1.82, 2.24) is 9.55 Å². The Bertz CT molecular complexity index is 1350. The number of carbonyl (C=O) groups excluding carboxylic acids is 1. The largest absolute Gasteiger partial charge is 0.566 e. The maximum Gasteiger partial charge on any atom is 0.490 e. The maximum absolute atomic E-state index is 13.4. The molecule has 2 aliphatic heterocycles. The molecule has 158 valence electrons. The number of fused-ring (bicyclic) bond motifs is 5. The van der Waals surface area contributed by atoms with E-state index in [1.54, 1.807) is 17.6 Å². The number of rotatable bonds is 4. The number of hydrogen-bond donors (Lipinski definition) is 0. The molecule has 0 fully saturated rings. The minimum Gasteiger partial charge on any atom is -0.566 e. The molecular formula is C22H19N2O6P. The molecule has 2 aromatic heterocycles. The Morgan fingerprint density at radius 1 is 1.26 bits per heavy atom. The van der Waals surface area contributed by atoms with Crippen LogP contribution in [0.25, 0.3) is 22.3 Å². The van der Waals surface area contributed by atoms with Gasteiger partial charge in [0.2, 0.25) is 5.60 Å². The fourth-order valence-corrected chi connectivity index (χ4v) is 5.34. The second-order valence-electron chi connectivity index (χ2n) is 7.67. The number of aryl methyl sites for hydroxylation is 1. The van der Waals surface area contributed by atoms with Crippen molar-refractivity contribution in [3.63, 3.8) is 0 Å². The summed E-state index contributed by atoms with van der Waals surface area (Å²) in [5.74, 6) is -0.815. The van der Waals surface area contributed by atoms with Gasteiger partial charge in [-0.1, -0.05) is 32.0 Å². The molecule has 31 heavy (non-hydrogen) atoms. The highest BCUT2D eigenvalue weighted by Gasteiger charge is 2.52. The summed E-state index contributed by atoms with van der Waals surface area (Å²) < 4.78 is 23.3. The first-order valence-corrected chi connectivity index (χ1v) is 11.2. The number of para-hydroxylation sites is 1. The summed E-state index contributed by atoms with van der Waals surface area (Å²) in [5.41, 5.74) is 2.40. The lowest BCUT2D eigenvalue weighted by Gasteiger charge is -2.31. The van der Waals surface area contributed by atoms with Gasteiger partial charge in [0.1, 0.15) is 6.61 Å². The van der Waals surface area contributed by atoms with Gasteiger partial charge in [-0.05, 0) is 35.1 Å². The molecular weight excluding hydrogens is 419 g/mol. The summed E-state index contributed by atoms with van der Waals surface area (Å²) >= 11 is 0. The van der Waals surface area contributed by atoms with E-state index < -0.39 is 19.8 Å². The smallest absolute Gasteiger partial charge is 0.490 e. The molecule has 0 N–H and O–H groups in total. The van der Waals surface area contributed by atoms with Crippen LogP contribution in [0.15, 0.2) is 35.1 Å². The zero-order chi connectivity index (χ0) is 21.9. The van der Waals surface area contributed by atoms with Crippen LogP contribution in [0, 0.1) is 0 Å². The molecule has 8 nitrogen and oxygen atoms in total. The van der Waals surface area contributed by atoms with Crippen LogP contribution in [0.5, 0.6) is 0 Å². The Morgan fingerprint density at radius 3 is 2.74 bits per heavy atom. The van der Waals surface area contributed by atoms with E-state index in [0.717, 1.165) is 28.5 Å². The van der Waals surface area contributed by atoms with Crippen molar-refractivity contribution in [3.8, 4) is 11.4 Å². The van der Waals surface area contributed by atoms with Crippen molar-refractivity contribution in [3.05, 3.63) is 62.9 Å². The Balaban J connectivity index is 1.82. The van der Waals surface area contributed by atoms with Crippen molar-refractivity contribution >= 4 is 25.1 Å². The van der Waals surface area contributed by atoms with E-state index in [4.69, 9.17) is 14.2 Å². The average molecular weight is 438 g/mol. The third-order valence-electron chi connectivity index (χ3n) is 6.26. The summed E-state index contributed by atoms with van der Waals surface area (Å²) in [5, 5.41) is 1.04. The fraction of sp³-hybridized carbons (Fsp3) is 0.318. The van der Waals surface area contributed by atoms with Crippen LogP contribution in [0.3, 0.4) is 0 Å². The van der Waals surface area contributed by atoms with E-state index in [-0.39, 0.29) is 29.7 Å². The normalized spacial score (nSPS) is 19.6. The molecule has 0 aliphatic carbocycles. The molecule has 0 saturated carbocycles. The van der Waals surface area contributed by atoms with Gasteiger partial charge < -0.3 is 14.2 Å². The van der Waals surface area contributed by atoms with E-state index in [1.807, 2.05) is 24.3 Å². The van der Waals surface area contributed by atoms with Gasteiger partial charge in [-0.25, -0.2) is 9.78 Å². The van der Waals surface area contributed by atoms with E-state index in [0.29, 0.717) is 17.9 Å². The standard InChI is InChI=1S/C22H19N2O6P/c1-3-12-13-7-5-6-8-17(13)23-19-14(12)10-24-18(19)9-16-15(20(24)25)11-29-21(26)22(16,4-2)30-31(27)28/h5-9H,3-4,10-11H2,1-2H3/t22-/m0/s1. The SMILES string of the molecule is CCc1c2c(nc3ccccc13)-c1cc3c(c(=O)n1C2)COC(=O)[C@@]3(CC)O[P+](=O)[O-]. The number of pyridine rings is 2. The molecule has 9 heteroatoms. The molecule has 5 rings (SSSR count). The molecule has 0 amide bonds. The lowest BCUT2D eigenvalue weighted by atomic mass is 9.86. The highest BCUT2D eigenvalue weighted by Crippen LogP contribution is 2.44. The molecule has 2 atom stereocenters. The topological polar surface area (TPSA) is 111 Å². The quantitative estimate of drug-likeness (QED) is 0.356. The maximum atomic E-state index is 13.4. The molecule has 0 saturated heterocycles. The van der Waals surface area contributed by atoms with Crippen LogP contribution < -0.4 is 10.5 Å². The van der Waals surface area contributed by atoms with Crippen LogP contribution in [0.1, 0.15) is 42.5 Å². The Kier molecular flexibility index (Phi) is 4.55. The van der Waals surface area contributed by atoms with E-state index in [2.05, 4.69) is 6.92 Å². The number of cyclic esters (lactones) is 1.